The van der Waals surface area contributed by atoms with Crippen molar-refractivity contribution >= 4 is 62.4 Å². The minimum Gasteiger partial charge on any atom is -0.393 e. The molecule has 1 unspecified atom stereocenters. The van der Waals surface area contributed by atoms with E-state index >= 15 is 0 Å². The van der Waals surface area contributed by atoms with Crippen LogP contribution in [-0.2, 0) is 24.3 Å². The van der Waals surface area contributed by atoms with Crippen LogP contribution in [0.4, 0.5) is 16.4 Å². The van der Waals surface area contributed by atoms with Crippen molar-refractivity contribution in [1.29, 1.82) is 0 Å². The van der Waals surface area contributed by atoms with Crippen LogP contribution in [0.1, 0.15) is 97.9 Å². The van der Waals surface area contributed by atoms with Gasteiger partial charge in [0.1, 0.15) is 11.7 Å². The second-order valence-corrected chi connectivity index (χ2v) is 19.0. The van der Waals surface area contributed by atoms with E-state index in [2.05, 4.69) is 33.2 Å². The minimum absolute atomic E-state index is 0.0463. The SMILES string of the molecule is CCCCNc1ncc2c(-c3ccc(S(=O)(=O)N4CCN(C(=O)NCCCOCCCNc5cccc6c5C(=O)N(C5CCC(=O)NC5=O)C6=O)CC4)cc3)nn([C@H]3CC[C@H](O)CC3)c2n1. The molecule has 6 amide bonds. The lowest BCUT2D eigenvalue weighted by Gasteiger charge is -2.34. The molecule has 0 bridgehead atoms. The van der Waals surface area contributed by atoms with Crippen molar-refractivity contribution in [2.45, 2.75) is 94.2 Å². The number of piperazine rings is 1. The van der Waals surface area contributed by atoms with E-state index < -0.39 is 39.7 Å². The Labute approximate surface area is 382 Å². The van der Waals surface area contributed by atoms with E-state index in [4.69, 9.17) is 14.8 Å². The molecule has 1 atom stereocenters. The van der Waals surface area contributed by atoms with E-state index in [0.717, 1.165) is 48.1 Å². The topological polar surface area (TPSA) is 250 Å². The molecule has 21 heteroatoms. The first-order valence-electron chi connectivity index (χ1n) is 22.9. The number of piperidine rings is 1. The summed E-state index contributed by atoms with van der Waals surface area (Å²) in [5.74, 6) is -1.70. The van der Waals surface area contributed by atoms with Crippen LogP contribution in [0.15, 0.2) is 53.6 Å². The number of carbonyl (C=O) groups is 5. The van der Waals surface area contributed by atoms with Crippen LogP contribution in [0.2, 0.25) is 0 Å². The third-order valence-electron chi connectivity index (χ3n) is 12.6. The molecule has 2 saturated heterocycles. The van der Waals surface area contributed by atoms with E-state index in [0.29, 0.717) is 75.0 Å². The lowest BCUT2D eigenvalue weighted by atomic mass is 9.93. The van der Waals surface area contributed by atoms with Crippen LogP contribution in [-0.4, -0.2) is 148 Å². The van der Waals surface area contributed by atoms with Gasteiger partial charge in [-0.3, -0.25) is 29.4 Å². The standard InChI is InChI=1S/C45H57N11O9S/c1-2-3-19-47-44-49-28-34-39(52-56(40(34)51-44)30-11-13-31(57)14-12-30)29-9-15-32(16-10-29)66(63,64)54-24-22-53(23-25-54)45(62)48-21-6-27-65-26-5-20-46-35-8-4-7-33-38(35)43(61)55(42(33)60)36-17-18-37(58)50-41(36)59/h4,7-10,15-16,28,30-31,36,46,57H,2-3,5-6,11-14,17-27H2,1H3,(H,48,62)(H,47,49,51)(H,50,58,59)/t30-,31-,36?. The summed E-state index contributed by atoms with van der Waals surface area (Å²) in [5, 5.41) is 27.5. The van der Waals surface area contributed by atoms with Crippen LogP contribution in [0.25, 0.3) is 22.3 Å². The van der Waals surface area contributed by atoms with E-state index in [1.807, 2.05) is 4.68 Å². The number of aliphatic hydroxyl groups is 1. The number of fused-ring (bicyclic) bond motifs is 2. The predicted octanol–water partition coefficient (Wildman–Crippen LogP) is 3.51. The first-order valence-corrected chi connectivity index (χ1v) is 24.3. The number of amides is 6. The summed E-state index contributed by atoms with van der Waals surface area (Å²) in [5.41, 5.74) is 2.98. The normalized spacial score (nSPS) is 20.4. The number of nitrogens with zero attached hydrogens (tertiary/aromatic N) is 7. The minimum atomic E-state index is -3.84. The van der Waals surface area contributed by atoms with Crippen LogP contribution in [0, 0.1) is 0 Å². The Bertz CT molecular complexity index is 2550. The summed E-state index contributed by atoms with van der Waals surface area (Å²) in [7, 11) is -3.84. The maximum atomic E-state index is 13.7. The molecule has 1 saturated carbocycles. The van der Waals surface area contributed by atoms with Crippen molar-refractivity contribution in [2.24, 2.45) is 0 Å². The van der Waals surface area contributed by atoms with Gasteiger partial charge in [-0.25, -0.2) is 22.9 Å². The van der Waals surface area contributed by atoms with Gasteiger partial charge in [-0.15, -0.1) is 0 Å². The summed E-state index contributed by atoms with van der Waals surface area (Å²) in [4.78, 5) is 75.4. The Balaban J connectivity index is 0.760. The van der Waals surface area contributed by atoms with E-state index in [1.54, 1.807) is 53.6 Å². The molecule has 2 aromatic heterocycles. The van der Waals surface area contributed by atoms with Gasteiger partial charge in [-0.1, -0.05) is 31.5 Å². The van der Waals surface area contributed by atoms with Crippen molar-refractivity contribution in [3.63, 3.8) is 0 Å². The molecular formula is C45H57N11O9S. The number of carbonyl (C=O) groups excluding carboxylic acids is 5. The number of imide groups is 2. The first-order chi connectivity index (χ1) is 31.9. The number of sulfonamides is 1. The number of aromatic nitrogens is 4. The highest BCUT2D eigenvalue weighted by Crippen LogP contribution is 2.36. The monoisotopic (exact) mass is 927 g/mol. The summed E-state index contributed by atoms with van der Waals surface area (Å²) >= 11 is 0. The fourth-order valence-corrected chi connectivity index (χ4v) is 10.3. The molecule has 8 rings (SSSR count). The number of unbranched alkanes of at least 4 members (excludes halogenated alkanes) is 1. The van der Waals surface area contributed by atoms with Crippen molar-refractivity contribution in [1.82, 2.24) is 44.5 Å². The van der Waals surface area contributed by atoms with Gasteiger partial charge >= 0.3 is 6.03 Å². The fraction of sp³-hybridized carbons (Fsp3) is 0.511. The van der Waals surface area contributed by atoms with Crippen LogP contribution < -0.4 is 21.3 Å². The summed E-state index contributed by atoms with van der Waals surface area (Å²) in [6.07, 6.45) is 7.70. The lowest BCUT2D eigenvalue weighted by Crippen LogP contribution is -2.54. The quantitative estimate of drug-likeness (QED) is 0.0708. The number of ether oxygens (including phenoxy) is 1. The van der Waals surface area contributed by atoms with Crippen LogP contribution in [0.5, 0.6) is 0 Å². The Hall–Kier alpha value is -6.03. The maximum Gasteiger partial charge on any atom is 0.317 e. The third kappa shape index (κ3) is 10.0. The largest absolute Gasteiger partial charge is 0.393 e. The third-order valence-corrected chi connectivity index (χ3v) is 14.5. The number of aliphatic hydroxyl groups excluding tert-OH is 1. The molecular weight excluding hydrogens is 871 g/mol. The van der Waals surface area contributed by atoms with Crippen LogP contribution >= 0.6 is 0 Å². The molecule has 5 heterocycles. The highest BCUT2D eigenvalue weighted by atomic mass is 32.2. The second kappa shape index (κ2) is 20.6. The van der Waals surface area contributed by atoms with E-state index in [1.165, 1.54) is 4.31 Å². The van der Waals surface area contributed by atoms with E-state index in [-0.39, 0.29) is 73.2 Å². The number of benzene rings is 2. The number of nitrogens with one attached hydrogen (secondary N) is 4. The molecule has 4 aliphatic rings. The highest BCUT2D eigenvalue weighted by Gasteiger charge is 2.45. The Morgan fingerprint density at radius 1 is 0.879 bits per heavy atom. The van der Waals surface area contributed by atoms with Crippen molar-refractivity contribution in [3.05, 3.63) is 59.8 Å². The van der Waals surface area contributed by atoms with Crippen molar-refractivity contribution < 1.29 is 42.2 Å². The average Bonchev–Trinajstić information content (AvgIpc) is 3.82. The molecule has 2 aromatic carbocycles. The Morgan fingerprint density at radius 2 is 1.61 bits per heavy atom. The van der Waals surface area contributed by atoms with Gasteiger partial charge in [0.05, 0.1) is 33.6 Å². The number of anilines is 2. The molecule has 5 N–H and O–H groups in total. The molecule has 4 aromatic rings. The fourth-order valence-electron chi connectivity index (χ4n) is 8.86. The molecule has 20 nitrogen and oxygen atoms in total. The molecule has 1 aliphatic carbocycles. The highest BCUT2D eigenvalue weighted by molar-refractivity contribution is 7.89. The van der Waals surface area contributed by atoms with Gasteiger partial charge < -0.3 is 30.7 Å². The molecule has 3 fully saturated rings. The van der Waals surface area contributed by atoms with Crippen molar-refractivity contribution in [3.8, 4) is 11.3 Å². The first kappa shape index (κ1) is 46.5. The Kier molecular flexibility index (Phi) is 14.5. The average molecular weight is 928 g/mol. The molecule has 3 aliphatic heterocycles. The van der Waals surface area contributed by atoms with Gasteiger partial charge in [-0.05, 0) is 75.6 Å². The molecule has 352 valence electrons. The maximum absolute atomic E-state index is 13.7. The second-order valence-electron chi connectivity index (χ2n) is 17.0. The van der Waals surface area contributed by atoms with Gasteiger partial charge in [0, 0.05) is 82.9 Å². The number of hydrogen-bond donors (Lipinski definition) is 5. The van der Waals surface area contributed by atoms with Gasteiger partial charge in [-0.2, -0.15) is 14.4 Å². The van der Waals surface area contributed by atoms with Gasteiger partial charge in [0.15, 0.2) is 5.65 Å². The summed E-state index contributed by atoms with van der Waals surface area (Å²) in [6, 6.07) is 10.4. The predicted molar refractivity (Wildman–Crippen MR) is 243 cm³/mol. The zero-order valence-electron chi connectivity index (χ0n) is 37.0. The number of hydrogen-bond acceptors (Lipinski definition) is 14. The molecule has 0 radical (unpaired) electrons. The molecule has 66 heavy (non-hydrogen) atoms. The number of rotatable bonds is 18. The van der Waals surface area contributed by atoms with Gasteiger partial charge in [0.25, 0.3) is 11.8 Å². The Morgan fingerprint density at radius 3 is 2.33 bits per heavy atom. The smallest absolute Gasteiger partial charge is 0.317 e. The van der Waals surface area contributed by atoms with E-state index in [9.17, 15) is 37.5 Å². The van der Waals surface area contributed by atoms with Crippen LogP contribution in [0.3, 0.4) is 0 Å². The zero-order chi connectivity index (χ0) is 46.4. The van der Waals surface area contributed by atoms with Gasteiger partial charge in [0.2, 0.25) is 27.8 Å². The summed E-state index contributed by atoms with van der Waals surface area (Å²) < 4.78 is 36.6. The zero-order valence-corrected chi connectivity index (χ0v) is 37.9. The van der Waals surface area contributed by atoms with Crippen molar-refractivity contribution in [2.75, 3.05) is 69.7 Å². The number of urea groups is 1. The summed E-state index contributed by atoms with van der Waals surface area (Å²) in [6.45, 7) is 5.29. The molecule has 0 spiro atoms. The lowest BCUT2D eigenvalue weighted by molar-refractivity contribution is -0.136.